The zero-order valence-electron chi connectivity index (χ0n) is 7.08. The van der Waals surface area contributed by atoms with Crippen LogP contribution in [0.25, 0.3) is 11.0 Å². The van der Waals surface area contributed by atoms with Crippen molar-refractivity contribution in [3.05, 3.63) is 27.8 Å². The van der Waals surface area contributed by atoms with Crippen molar-refractivity contribution in [1.82, 2.24) is 10.3 Å². The lowest BCUT2D eigenvalue weighted by atomic mass is 10.1. The van der Waals surface area contributed by atoms with Gasteiger partial charge in [0.25, 0.3) is 0 Å². The van der Waals surface area contributed by atoms with E-state index >= 15 is 0 Å². The molecule has 0 spiro atoms. The Kier molecular flexibility index (Phi) is 2.84. The van der Waals surface area contributed by atoms with Gasteiger partial charge in [-0.3, -0.25) is 10.1 Å². The van der Waals surface area contributed by atoms with Gasteiger partial charge in [0.1, 0.15) is 0 Å². The lowest BCUT2D eigenvalue weighted by Crippen LogP contribution is -1.99. The van der Waals surface area contributed by atoms with Crippen molar-refractivity contribution in [1.29, 1.82) is 0 Å². The number of hydrogen-bond acceptors (Lipinski definition) is 6. The van der Waals surface area contributed by atoms with Gasteiger partial charge in [0.15, 0.2) is 5.52 Å². The first-order chi connectivity index (χ1) is 7.11. The van der Waals surface area contributed by atoms with Crippen LogP contribution in [0, 0.1) is 10.1 Å². The van der Waals surface area contributed by atoms with E-state index in [1.54, 1.807) is 0 Å². The van der Waals surface area contributed by atoms with Crippen LogP contribution in [-0.4, -0.2) is 26.3 Å². The molecule has 0 aliphatic heterocycles. The average Bonchev–Trinajstić information content (AvgIpc) is 2.63. The second-order valence-electron chi connectivity index (χ2n) is 2.66. The maximum atomic E-state index is 10.7. The molecule has 0 unspecified atom stereocenters. The number of carboxylic acid groups (broad SMARTS) is 1. The van der Waals surface area contributed by atoms with Crippen molar-refractivity contribution in [2.45, 2.75) is 7.43 Å². The van der Waals surface area contributed by atoms with Gasteiger partial charge < -0.3 is 5.11 Å². The minimum absolute atomic E-state index is 0. The van der Waals surface area contributed by atoms with E-state index in [0.717, 1.165) is 12.1 Å². The van der Waals surface area contributed by atoms with E-state index in [9.17, 15) is 14.9 Å². The molecule has 1 aromatic heterocycles. The molecule has 0 atom stereocenters. The van der Waals surface area contributed by atoms with Crippen molar-refractivity contribution >= 4 is 22.7 Å². The van der Waals surface area contributed by atoms with E-state index in [-0.39, 0.29) is 29.7 Å². The molecule has 0 saturated carbocycles. The summed E-state index contributed by atoms with van der Waals surface area (Å²) in [5.41, 5.74) is -0.815. The Hall–Kier alpha value is -2.51. The molecular formula is C8H7N3O5. The highest BCUT2D eigenvalue weighted by Gasteiger charge is 2.22. The molecule has 16 heavy (non-hydrogen) atoms. The second-order valence-corrected chi connectivity index (χ2v) is 2.66. The molecule has 0 radical (unpaired) electrons. The maximum absolute atomic E-state index is 10.7. The topological polar surface area (TPSA) is 119 Å². The lowest BCUT2D eigenvalue weighted by molar-refractivity contribution is -0.383. The molecule has 0 fully saturated rings. The molecule has 1 N–H and O–H groups in total. The molecule has 8 nitrogen and oxygen atoms in total. The van der Waals surface area contributed by atoms with Crippen molar-refractivity contribution in [3.8, 4) is 0 Å². The van der Waals surface area contributed by atoms with E-state index in [1.165, 1.54) is 0 Å². The summed E-state index contributed by atoms with van der Waals surface area (Å²) in [4.78, 5) is 20.6. The normalized spacial score (nSPS) is 9.75. The number of aromatic nitrogens is 2. The average molecular weight is 225 g/mol. The number of non-ortho nitro benzene ring substituents is 1. The molecule has 0 aliphatic carbocycles. The van der Waals surface area contributed by atoms with Crippen LogP contribution in [0.15, 0.2) is 16.8 Å². The van der Waals surface area contributed by atoms with Crippen molar-refractivity contribution in [3.63, 3.8) is 0 Å². The zero-order chi connectivity index (χ0) is 11.0. The SMILES string of the molecule is C.O=C(O)c1ccc([N+](=O)[O-])c2nonc12. The summed E-state index contributed by atoms with van der Waals surface area (Å²) in [6.07, 6.45) is 0. The fraction of sp³-hybridized carbons (Fsp3) is 0.125. The number of carbonyl (C=O) groups is 1. The van der Waals surface area contributed by atoms with Gasteiger partial charge >= 0.3 is 11.7 Å². The highest BCUT2D eigenvalue weighted by molar-refractivity contribution is 6.02. The summed E-state index contributed by atoms with van der Waals surface area (Å²) in [7, 11) is 0. The zero-order valence-corrected chi connectivity index (χ0v) is 7.08. The Morgan fingerprint density at radius 2 is 2.00 bits per heavy atom. The monoisotopic (exact) mass is 225 g/mol. The number of hydrogen-bond donors (Lipinski definition) is 1. The van der Waals surface area contributed by atoms with Gasteiger partial charge in [-0.05, 0) is 16.4 Å². The Morgan fingerprint density at radius 3 is 2.56 bits per heavy atom. The van der Waals surface area contributed by atoms with Crippen molar-refractivity contribution in [2.75, 3.05) is 0 Å². The molecular weight excluding hydrogens is 218 g/mol. The van der Waals surface area contributed by atoms with Crippen LogP contribution >= 0.6 is 0 Å². The van der Waals surface area contributed by atoms with Gasteiger partial charge in [0.05, 0.1) is 10.5 Å². The number of rotatable bonds is 2. The second kappa shape index (κ2) is 3.93. The minimum Gasteiger partial charge on any atom is -0.478 e. The first-order valence-electron chi connectivity index (χ1n) is 3.74. The summed E-state index contributed by atoms with van der Waals surface area (Å²) < 4.78 is 4.28. The number of carboxylic acids is 1. The molecule has 84 valence electrons. The number of nitro benzene ring substituents is 1. The lowest BCUT2D eigenvalue weighted by Gasteiger charge is -1.94. The van der Waals surface area contributed by atoms with Crippen LogP contribution in [0.4, 0.5) is 5.69 Å². The van der Waals surface area contributed by atoms with Crippen LogP contribution < -0.4 is 0 Å². The van der Waals surface area contributed by atoms with Crippen molar-refractivity contribution < 1.29 is 19.5 Å². The molecule has 0 aliphatic rings. The third-order valence-electron chi connectivity index (χ3n) is 1.82. The Morgan fingerprint density at radius 1 is 1.38 bits per heavy atom. The number of nitro groups is 1. The number of benzene rings is 1. The fourth-order valence-electron chi connectivity index (χ4n) is 1.17. The minimum atomic E-state index is -1.24. The van der Waals surface area contributed by atoms with E-state index in [2.05, 4.69) is 14.9 Å². The van der Waals surface area contributed by atoms with Gasteiger partial charge in [-0.1, -0.05) is 7.43 Å². The Bertz CT molecular complexity index is 514. The fourth-order valence-corrected chi connectivity index (χ4v) is 1.17. The quantitative estimate of drug-likeness (QED) is 0.606. The van der Waals surface area contributed by atoms with Gasteiger partial charge in [0, 0.05) is 6.07 Å². The summed E-state index contributed by atoms with van der Waals surface area (Å²) in [6.45, 7) is 0. The van der Waals surface area contributed by atoms with E-state index in [0.29, 0.717) is 0 Å². The first-order valence-corrected chi connectivity index (χ1v) is 3.74. The number of fused-ring (bicyclic) bond motifs is 1. The highest BCUT2D eigenvalue weighted by Crippen LogP contribution is 2.25. The molecule has 0 bridgehead atoms. The summed E-state index contributed by atoms with van der Waals surface area (Å²) in [5, 5.41) is 25.9. The Labute approximate surface area is 88.6 Å². The molecule has 1 aromatic carbocycles. The molecule has 0 amide bonds. The van der Waals surface area contributed by atoms with Crippen LogP contribution in [0.3, 0.4) is 0 Å². The largest absolute Gasteiger partial charge is 0.478 e. The van der Waals surface area contributed by atoms with Crippen molar-refractivity contribution in [2.24, 2.45) is 0 Å². The molecule has 8 heteroatoms. The van der Waals surface area contributed by atoms with Gasteiger partial charge in [-0.25, -0.2) is 9.42 Å². The predicted octanol–water partition coefficient (Wildman–Crippen LogP) is 1.47. The predicted molar refractivity (Wildman–Crippen MR) is 52.1 cm³/mol. The van der Waals surface area contributed by atoms with Crippen LogP contribution in [0.2, 0.25) is 0 Å². The summed E-state index contributed by atoms with van der Waals surface area (Å²) in [6, 6.07) is 2.14. The third kappa shape index (κ3) is 1.56. The highest BCUT2D eigenvalue weighted by atomic mass is 16.6. The first kappa shape index (κ1) is 11.6. The van der Waals surface area contributed by atoms with E-state index in [4.69, 9.17) is 5.11 Å². The molecule has 2 aromatic rings. The van der Waals surface area contributed by atoms with E-state index in [1.807, 2.05) is 0 Å². The van der Waals surface area contributed by atoms with Gasteiger partial charge in [0.2, 0.25) is 5.52 Å². The molecule has 0 saturated heterocycles. The van der Waals surface area contributed by atoms with Crippen LogP contribution in [0.1, 0.15) is 17.8 Å². The van der Waals surface area contributed by atoms with Crippen LogP contribution in [-0.2, 0) is 0 Å². The number of nitrogens with zero attached hydrogens (tertiary/aromatic N) is 3. The van der Waals surface area contributed by atoms with Gasteiger partial charge in [-0.2, -0.15) is 0 Å². The van der Waals surface area contributed by atoms with Crippen LogP contribution in [0.5, 0.6) is 0 Å². The molecule has 2 rings (SSSR count). The summed E-state index contributed by atoms with van der Waals surface area (Å²) in [5.74, 6) is -1.24. The summed E-state index contributed by atoms with van der Waals surface area (Å²) >= 11 is 0. The smallest absolute Gasteiger partial charge is 0.338 e. The maximum Gasteiger partial charge on any atom is 0.338 e. The number of aromatic carboxylic acids is 1. The molecule has 1 heterocycles. The standard InChI is InChI=1S/C7H3N3O5.CH4/c11-7(12)3-1-2-4(10(13)14)6-5(3)8-15-9-6;/h1-2H,(H,11,12);1H4. The Balaban J connectivity index is 0.00000128. The van der Waals surface area contributed by atoms with Gasteiger partial charge in [-0.15, -0.1) is 0 Å². The van der Waals surface area contributed by atoms with E-state index < -0.39 is 10.9 Å². The third-order valence-corrected chi connectivity index (χ3v) is 1.82.